The Balaban J connectivity index is 0.00000130. The highest BCUT2D eigenvalue weighted by Crippen LogP contribution is 2.40. The van der Waals surface area contributed by atoms with Crippen molar-refractivity contribution in [2.24, 2.45) is 5.92 Å². The van der Waals surface area contributed by atoms with Gasteiger partial charge in [-0.1, -0.05) is 68.4 Å². The molecule has 0 aromatic heterocycles. The monoisotopic (exact) mass is 624 g/mol. The maximum atomic E-state index is 14.3. The summed E-state index contributed by atoms with van der Waals surface area (Å²) in [4.78, 5) is 21.7. The summed E-state index contributed by atoms with van der Waals surface area (Å²) in [5.41, 5.74) is 3.10. The second-order valence-corrected chi connectivity index (χ2v) is 11.0. The van der Waals surface area contributed by atoms with Gasteiger partial charge in [0.25, 0.3) is 0 Å². The smallest absolute Gasteiger partial charge is 0.450 e. The van der Waals surface area contributed by atoms with E-state index in [1.54, 1.807) is 26.0 Å². The lowest BCUT2D eigenvalue weighted by Crippen LogP contribution is -2.53. The number of carboxylic acid groups (broad SMARTS) is 2. The molecule has 1 aliphatic carbocycles. The molecule has 3 aromatic rings. The van der Waals surface area contributed by atoms with Gasteiger partial charge in [-0.2, -0.15) is 23.7 Å². The zero-order valence-electron chi connectivity index (χ0n) is 24.5. The summed E-state index contributed by atoms with van der Waals surface area (Å²) in [7, 11) is 0. The van der Waals surface area contributed by atoms with Crippen LogP contribution in [0.4, 0.5) is 22.4 Å². The zero-order valence-corrected chi connectivity index (χ0v) is 24.5. The number of hydrogen-bond acceptors (Lipinski definition) is 5. The number of alkyl halides is 3. The highest BCUT2D eigenvalue weighted by molar-refractivity contribution is 5.82. The predicted molar refractivity (Wildman–Crippen MR) is 157 cm³/mol. The maximum absolute atomic E-state index is 14.3. The van der Waals surface area contributed by atoms with Gasteiger partial charge in [-0.15, -0.1) is 0 Å². The summed E-state index contributed by atoms with van der Waals surface area (Å²) < 4.78 is 57.1. The number of nitrogens with zero attached hydrogens (tertiary/aromatic N) is 2. The van der Waals surface area contributed by atoms with E-state index in [9.17, 15) is 27.6 Å². The third-order valence-corrected chi connectivity index (χ3v) is 7.24. The molecule has 1 fully saturated rings. The van der Waals surface area contributed by atoms with Crippen molar-refractivity contribution in [1.82, 2.24) is 10.6 Å². The number of amides is 1. The van der Waals surface area contributed by atoms with Gasteiger partial charge in [0.05, 0.1) is 23.7 Å². The van der Waals surface area contributed by atoms with Crippen LogP contribution in [-0.4, -0.2) is 40.5 Å². The van der Waals surface area contributed by atoms with Crippen LogP contribution in [0.15, 0.2) is 66.7 Å². The van der Waals surface area contributed by atoms with Crippen LogP contribution in [-0.2, 0) is 11.2 Å². The molecule has 0 radical (unpaired) electrons. The molecule has 45 heavy (non-hydrogen) atoms. The van der Waals surface area contributed by atoms with Crippen LogP contribution in [0.1, 0.15) is 60.9 Å². The van der Waals surface area contributed by atoms with Gasteiger partial charge in [0, 0.05) is 6.42 Å². The molecule has 4 rings (SSSR count). The van der Waals surface area contributed by atoms with Crippen LogP contribution in [0.2, 0.25) is 0 Å². The molecule has 0 aliphatic heterocycles. The van der Waals surface area contributed by atoms with Gasteiger partial charge < -0.3 is 15.5 Å². The Morgan fingerprint density at radius 3 is 1.96 bits per heavy atom. The largest absolute Gasteiger partial charge is 0.503 e. The van der Waals surface area contributed by atoms with Gasteiger partial charge in [0.2, 0.25) is 5.91 Å². The summed E-state index contributed by atoms with van der Waals surface area (Å²) in [6.07, 6.45) is -4.39. The van der Waals surface area contributed by atoms with Crippen LogP contribution in [0, 0.1) is 34.4 Å². The van der Waals surface area contributed by atoms with Gasteiger partial charge in [-0.05, 0) is 64.6 Å². The average molecular weight is 625 g/mol. The molecule has 1 saturated carbocycles. The van der Waals surface area contributed by atoms with Crippen LogP contribution >= 0.6 is 0 Å². The van der Waals surface area contributed by atoms with Crippen molar-refractivity contribution in [1.29, 1.82) is 10.5 Å². The number of halogens is 4. The Bertz CT molecular complexity index is 1550. The fraction of sp³-hybridized carbons (Fsp3) is 0.333. The second kappa shape index (κ2) is 15.2. The highest BCUT2D eigenvalue weighted by atomic mass is 19.4. The minimum Gasteiger partial charge on any atom is -0.450 e. The number of nitriles is 2. The first kappa shape index (κ1) is 34.5. The molecule has 1 aliphatic rings. The van der Waals surface area contributed by atoms with Crippen molar-refractivity contribution >= 4 is 12.1 Å². The van der Waals surface area contributed by atoms with E-state index in [4.69, 9.17) is 20.3 Å². The summed E-state index contributed by atoms with van der Waals surface area (Å²) in [5.74, 6) is -1.47. The molecule has 1 amide bonds. The lowest BCUT2D eigenvalue weighted by molar-refractivity contribution is -0.161. The number of benzene rings is 3. The zero-order chi connectivity index (χ0) is 33.3. The number of carbonyl (C=O) groups excluding carboxylic acids is 1. The molecule has 12 heteroatoms. The molecule has 8 nitrogen and oxygen atoms in total. The SMILES string of the molecule is CC(C)[C@H](N[C@@H](c1ccc(-c2ccc(C3CC3)cc2)cc1)C(F)(F)F)C(=O)N[C@H](C#N)Cc1ccc(C#N)cc1F.O=C(O)O. The van der Waals surface area contributed by atoms with Gasteiger partial charge in [-0.3, -0.25) is 10.1 Å². The Morgan fingerprint density at radius 1 is 0.956 bits per heavy atom. The molecular formula is C33H32F4N4O4. The minimum atomic E-state index is -4.71. The number of rotatable bonds is 10. The molecule has 3 aromatic carbocycles. The molecule has 3 atom stereocenters. The van der Waals surface area contributed by atoms with Gasteiger partial charge in [0.1, 0.15) is 17.9 Å². The van der Waals surface area contributed by atoms with Crippen LogP contribution < -0.4 is 10.6 Å². The Morgan fingerprint density at radius 2 is 1.51 bits per heavy atom. The topological polar surface area (TPSA) is 146 Å². The Labute approximate surface area is 257 Å². The number of carbonyl (C=O) groups is 2. The van der Waals surface area contributed by atoms with Crippen molar-refractivity contribution in [2.75, 3.05) is 0 Å². The van der Waals surface area contributed by atoms with Gasteiger partial charge >= 0.3 is 12.3 Å². The first-order valence-electron chi connectivity index (χ1n) is 14.1. The summed E-state index contributed by atoms with van der Waals surface area (Å²) in [5, 5.41) is 37.3. The lowest BCUT2D eigenvalue weighted by atomic mass is 9.96. The van der Waals surface area contributed by atoms with E-state index in [1.807, 2.05) is 24.3 Å². The van der Waals surface area contributed by atoms with Crippen molar-refractivity contribution in [3.05, 3.63) is 94.8 Å². The van der Waals surface area contributed by atoms with E-state index >= 15 is 0 Å². The molecule has 236 valence electrons. The van der Waals surface area contributed by atoms with Gasteiger partial charge in [0.15, 0.2) is 0 Å². The summed E-state index contributed by atoms with van der Waals surface area (Å²) in [6.45, 7) is 3.20. The highest BCUT2D eigenvalue weighted by Gasteiger charge is 2.43. The lowest BCUT2D eigenvalue weighted by Gasteiger charge is -2.30. The quantitative estimate of drug-likeness (QED) is 0.179. The molecule has 0 heterocycles. The maximum Gasteiger partial charge on any atom is 0.503 e. The fourth-order valence-electron chi connectivity index (χ4n) is 4.76. The third kappa shape index (κ3) is 10.1. The predicted octanol–water partition coefficient (Wildman–Crippen LogP) is 6.93. The van der Waals surface area contributed by atoms with E-state index < -0.39 is 48.1 Å². The van der Waals surface area contributed by atoms with E-state index in [1.165, 1.54) is 42.7 Å². The standard InChI is InChI=1S/C32H30F4N4O.CH2O3/c1-19(2)29(31(41)39-27(18-38)16-26-4-3-20(17-37)15-28(26)33)40-30(32(34,35)36)25-13-11-24(12-14-25)23-9-7-22(8-10-23)21-5-6-21;2-1(3)4/h3-4,7-15,19,21,27,29-30,40H,5-6,16H2,1-2H3,(H,39,41);(H2,2,3,4)/t27-,29-,30-;/m0./s1. The molecule has 0 saturated heterocycles. The van der Waals surface area contributed by atoms with Crippen molar-refractivity contribution in [3.63, 3.8) is 0 Å². The molecule has 0 unspecified atom stereocenters. The van der Waals surface area contributed by atoms with E-state index in [2.05, 4.69) is 22.8 Å². The van der Waals surface area contributed by atoms with Crippen molar-refractivity contribution in [3.8, 4) is 23.3 Å². The van der Waals surface area contributed by atoms with Gasteiger partial charge in [-0.25, -0.2) is 9.18 Å². The fourth-order valence-corrected chi connectivity index (χ4v) is 4.76. The second-order valence-electron chi connectivity index (χ2n) is 11.0. The van der Waals surface area contributed by atoms with Crippen LogP contribution in [0.25, 0.3) is 11.1 Å². The average Bonchev–Trinajstić information content (AvgIpc) is 3.83. The van der Waals surface area contributed by atoms with Crippen molar-refractivity contribution in [2.45, 2.75) is 63.3 Å². The Kier molecular flexibility index (Phi) is 11.7. The number of nitrogens with one attached hydrogen (secondary N) is 2. The van der Waals surface area contributed by atoms with E-state index in [0.717, 1.165) is 17.2 Å². The van der Waals surface area contributed by atoms with E-state index in [-0.39, 0.29) is 23.1 Å². The van der Waals surface area contributed by atoms with Crippen molar-refractivity contribution < 1.29 is 37.4 Å². The first-order valence-corrected chi connectivity index (χ1v) is 14.1. The number of hydrogen-bond donors (Lipinski definition) is 4. The molecule has 4 N–H and O–H groups in total. The van der Waals surface area contributed by atoms with E-state index in [0.29, 0.717) is 5.92 Å². The molecular weight excluding hydrogens is 592 g/mol. The summed E-state index contributed by atoms with van der Waals surface area (Å²) >= 11 is 0. The Hall–Kier alpha value is -4.94. The minimum absolute atomic E-state index is 0.0502. The molecule has 0 bridgehead atoms. The third-order valence-electron chi connectivity index (χ3n) is 7.24. The first-order chi connectivity index (χ1) is 21.2. The van der Waals surface area contributed by atoms with Crippen LogP contribution in [0.5, 0.6) is 0 Å². The molecule has 0 spiro atoms. The summed E-state index contributed by atoms with van der Waals surface area (Å²) in [6, 6.07) is 16.9. The van der Waals surface area contributed by atoms with Crippen LogP contribution in [0.3, 0.4) is 0 Å². The normalized spacial score (nSPS) is 14.6.